The first-order valence-electron chi connectivity index (χ1n) is 7.81. The molecule has 1 atom stereocenters. The lowest BCUT2D eigenvalue weighted by atomic mass is 9.99. The van der Waals surface area contributed by atoms with E-state index in [-0.39, 0.29) is 17.9 Å². The largest absolute Gasteiger partial charge is 0.381 e. The second kappa shape index (κ2) is 5.57. The highest BCUT2D eigenvalue weighted by molar-refractivity contribution is 5.79. The smallest absolute Gasteiger partial charge is 0.223 e. The van der Waals surface area contributed by atoms with Gasteiger partial charge in [0.1, 0.15) is 0 Å². The van der Waals surface area contributed by atoms with Crippen LogP contribution in [0.1, 0.15) is 24.4 Å². The highest BCUT2D eigenvalue weighted by Gasteiger charge is 2.29. The second-order valence-corrected chi connectivity index (χ2v) is 5.92. The molecule has 0 aliphatic carbocycles. The fourth-order valence-electron chi connectivity index (χ4n) is 3.44. The molecule has 0 radical (unpaired) electrons. The number of nitrogens with zero attached hydrogens (tertiary/aromatic N) is 2. The van der Waals surface area contributed by atoms with Gasteiger partial charge in [-0.15, -0.1) is 0 Å². The van der Waals surface area contributed by atoms with Gasteiger partial charge in [0.25, 0.3) is 0 Å². The predicted octanol–water partition coefficient (Wildman–Crippen LogP) is 2.00. The van der Waals surface area contributed by atoms with Crippen molar-refractivity contribution in [3.05, 3.63) is 42.4 Å². The Labute approximate surface area is 129 Å². The molecule has 4 rings (SSSR count). The zero-order valence-corrected chi connectivity index (χ0v) is 12.4. The summed E-state index contributed by atoms with van der Waals surface area (Å²) >= 11 is 0. The van der Waals surface area contributed by atoms with Gasteiger partial charge >= 0.3 is 0 Å². The maximum atomic E-state index is 12.3. The first-order valence-corrected chi connectivity index (χ1v) is 7.81. The minimum absolute atomic E-state index is 0.0904. The van der Waals surface area contributed by atoms with Gasteiger partial charge < -0.3 is 14.6 Å². The maximum absolute atomic E-state index is 12.3. The third-order valence-electron chi connectivity index (χ3n) is 4.66. The Hall–Kier alpha value is -2.14. The van der Waals surface area contributed by atoms with Crippen LogP contribution in [-0.2, 0) is 9.53 Å². The van der Waals surface area contributed by atoms with Crippen molar-refractivity contribution in [1.82, 2.24) is 14.9 Å². The Morgan fingerprint density at radius 3 is 3.00 bits per heavy atom. The SMILES string of the molecule is O=C(NC[C@@H]1c2ccccc2-c2cncn21)C1CCOCC1. The van der Waals surface area contributed by atoms with Crippen LogP contribution in [-0.4, -0.2) is 35.2 Å². The first kappa shape index (κ1) is 13.5. The average Bonchev–Trinajstić information content (AvgIpc) is 3.15. The van der Waals surface area contributed by atoms with Crippen LogP contribution in [0.2, 0.25) is 0 Å². The monoisotopic (exact) mass is 297 g/mol. The van der Waals surface area contributed by atoms with E-state index < -0.39 is 0 Å². The lowest BCUT2D eigenvalue weighted by Crippen LogP contribution is -2.37. The van der Waals surface area contributed by atoms with Crippen LogP contribution in [0, 0.1) is 5.92 Å². The lowest BCUT2D eigenvalue weighted by Gasteiger charge is -2.23. The van der Waals surface area contributed by atoms with Crippen molar-refractivity contribution < 1.29 is 9.53 Å². The van der Waals surface area contributed by atoms with Crippen molar-refractivity contribution >= 4 is 5.91 Å². The summed E-state index contributed by atoms with van der Waals surface area (Å²) in [5.41, 5.74) is 3.60. The standard InChI is InChI=1S/C17H19N3O2/c21-17(12-5-7-22-8-6-12)19-10-16-14-4-2-1-3-13(14)15-9-18-11-20(15)16/h1-4,9,11-12,16H,5-8,10H2,(H,19,21)/t16-/m1/s1. The van der Waals surface area contributed by atoms with Crippen molar-refractivity contribution in [2.45, 2.75) is 18.9 Å². The fraction of sp³-hybridized carbons (Fsp3) is 0.412. The number of hydrogen-bond acceptors (Lipinski definition) is 3. The fourth-order valence-corrected chi connectivity index (χ4v) is 3.44. The number of fused-ring (bicyclic) bond motifs is 3. The van der Waals surface area contributed by atoms with E-state index in [4.69, 9.17) is 4.74 Å². The van der Waals surface area contributed by atoms with Gasteiger partial charge in [-0.05, 0) is 18.4 Å². The quantitative estimate of drug-likeness (QED) is 0.942. The average molecular weight is 297 g/mol. The number of benzene rings is 1. The number of carbonyl (C=O) groups is 1. The summed E-state index contributed by atoms with van der Waals surface area (Å²) in [6, 6.07) is 8.47. The second-order valence-electron chi connectivity index (χ2n) is 5.92. The van der Waals surface area contributed by atoms with Crippen LogP contribution in [0.5, 0.6) is 0 Å². The van der Waals surface area contributed by atoms with Crippen molar-refractivity contribution in [2.75, 3.05) is 19.8 Å². The van der Waals surface area contributed by atoms with Crippen molar-refractivity contribution in [3.63, 3.8) is 0 Å². The minimum atomic E-state index is 0.0904. The number of carbonyl (C=O) groups excluding carboxylic acids is 1. The van der Waals surface area contributed by atoms with Gasteiger partial charge in [0.15, 0.2) is 0 Å². The molecule has 2 aliphatic rings. The van der Waals surface area contributed by atoms with Crippen LogP contribution < -0.4 is 5.32 Å². The molecular weight excluding hydrogens is 278 g/mol. The van der Waals surface area contributed by atoms with E-state index in [0.717, 1.165) is 18.5 Å². The Morgan fingerprint density at radius 1 is 1.32 bits per heavy atom. The summed E-state index contributed by atoms with van der Waals surface area (Å²) in [6.07, 6.45) is 5.38. The number of rotatable bonds is 3. The van der Waals surface area contributed by atoms with Crippen LogP contribution >= 0.6 is 0 Å². The molecule has 1 fully saturated rings. The van der Waals surface area contributed by atoms with Gasteiger partial charge in [-0.3, -0.25) is 4.79 Å². The molecule has 114 valence electrons. The summed E-state index contributed by atoms with van der Waals surface area (Å²) in [4.78, 5) is 16.6. The van der Waals surface area contributed by atoms with Crippen molar-refractivity contribution in [2.24, 2.45) is 5.92 Å². The molecule has 1 aromatic heterocycles. The zero-order chi connectivity index (χ0) is 14.9. The van der Waals surface area contributed by atoms with Gasteiger partial charge in [-0.25, -0.2) is 4.98 Å². The third-order valence-corrected chi connectivity index (χ3v) is 4.66. The van der Waals surface area contributed by atoms with Gasteiger partial charge in [-0.2, -0.15) is 0 Å². The number of aromatic nitrogens is 2. The van der Waals surface area contributed by atoms with Crippen molar-refractivity contribution in [3.8, 4) is 11.3 Å². The molecule has 2 aromatic rings. The summed E-state index contributed by atoms with van der Waals surface area (Å²) in [5.74, 6) is 0.238. The van der Waals surface area contributed by atoms with E-state index in [1.807, 2.05) is 24.7 Å². The molecular formula is C17H19N3O2. The molecule has 22 heavy (non-hydrogen) atoms. The van der Waals surface area contributed by atoms with Crippen LogP contribution in [0.25, 0.3) is 11.3 Å². The van der Waals surface area contributed by atoms with E-state index in [0.29, 0.717) is 19.8 Å². The number of hydrogen-bond donors (Lipinski definition) is 1. The molecule has 1 N–H and O–H groups in total. The van der Waals surface area contributed by atoms with Gasteiger partial charge in [0, 0.05) is 31.2 Å². The molecule has 2 aliphatic heterocycles. The molecule has 0 unspecified atom stereocenters. The molecule has 0 spiro atoms. The normalized spacial score (nSPS) is 20.5. The number of ether oxygens (including phenoxy) is 1. The molecule has 1 aromatic carbocycles. The summed E-state index contributed by atoms with van der Waals surface area (Å²) < 4.78 is 7.47. The Balaban J connectivity index is 1.50. The molecule has 5 heteroatoms. The number of nitrogens with one attached hydrogen (secondary N) is 1. The molecule has 5 nitrogen and oxygen atoms in total. The van der Waals surface area contributed by atoms with Gasteiger partial charge in [0.2, 0.25) is 5.91 Å². The van der Waals surface area contributed by atoms with Crippen molar-refractivity contribution in [1.29, 1.82) is 0 Å². The van der Waals surface area contributed by atoms with Crippen LogP contribution in [0.4, 0.5) is 0 Å². The summed E-state index contributed by atoms with van der Waals surface area (Å²) in [6.45, 7) is 1.99. The van der Waals surface area contributed by atoms with E-state index in [2.05, 4.69) is 27.0 Å². The zero-order valence-electron chi connectivity index (χ0n) is 12.4. The number of imidazole rings is 1. The first-order chi connectivity index (χ1) is 10.8. The molecule has 0 saturated carbocycles. The minimum Gasteiger partial charge on any atom is -0.381 e. The topological polar surface area (TPSA) is 56.2 Å². The molecule has 1 saturated heterocycles. The van der Waals surface area contributed by atoms with Gasteiger partial charge in [0.05, 0.1) is 24.3 Å². The molecule has 0 bridgehead atoms. The van der Waals surface area contributed by atoms with Gasteiger partial charge in [-0.1, -0.05) is 24.3 Å². The van der Waals surface area contributed by atoms with E-state index in [1.165, 1.54) is 11.1 Å². The summed E-state index contributed by atoms with van der Waals surface area (Å²) in [7, 11) is 0. The molecule has 1 amide bonds. The lowest BCUT2D eigenvalue weighted by molar-refractivity contribution is -0.127. The molecule has 3 heterocycles. The maximum Gasteiger partial charge on any atom is 0.223 e. The predicted molar refractivity (Wildman–Crippen MR) is 82.4 cm³/mol. The van der Waals surface area contributed by atoms with E-state index in [9.17, 15) is 4.79 Å². The summed E-state index contributed by atoms with van der Waals surface area (Å²) in [5, 5.41) is 3.12. The Morgan fingerprint density at radius 2 is 2.14 bits per heavy atom. The third kappa shape index (κ3) is 2.22. The number of amides is 1. The van der Waals surface area contributed by atoms with Crippen LogP contribution in [0.15, 0.2) is 36.8 Å². The van der Waals surface area contributed by atoms with Crippen LogP contribution in [0.3, 0.4) is 0 Å². The Bertz CT molecular complexity index is 689. The van der Waals surface area contributed by atoms with E-state index >= 15 is 0 Å². The Kier molecular flexibility index (Phi) is 3.42. The highest BCUT2D eigenvalue weighted by atomic mass is 16.5. The van der Waals surface area contributed by atoms with E-state index in [1.54, 1.807) is 0 Å². The highest BCUT2D eigenvalue weighted by Crippen LogP contribution is 2.38.